The molecule has 0 aliphatic heterocycles. The van der Waals surface area contributed by atoms with Gasteiger partial charge in [-0.2, -0.15) is 5.26 Å². The van der Waals surface area contributed by atoms with Crippen LogP contribution in [0.2, 0.25) is 5.02 Å². The number of aromatic nitrogens is 1. The number of carbonyl (C=O) groups is 1. The average molecular weight is 434 g/mol. The lowest BCUT2D eigenvalue weighted by Crippen LogP contribution is -2.33. The van der Waals surface area contributed by atoms with Crippen LogP contribution in [0.25, 0.3) is 11.1 Å². The Hall–Kier alpha value is -4.02. The van der Waals surface area contributed by atoms with Crippen LogP contribution >= 0.6 is 11.6 Å². The highest BCUT2D eigenvalue weighted by molar-refractivity contribution is 6.31. The van der Waals surface area contributed by atoms with Crippen LogP contribution in [-0.2, 0) is 11.4 Å². The number of halogens is 1. The average Bonchev–Trinajstić information content (AvgIpc) is 3.24. The number of hydrogen-bond donors (Lipinski definition) is 0. The largest absolute Gasteiger partial charge is 0.546 e. The molecule has 1 atom stereocenters. The predicted molar refractivity (Wildman–Crippen MR) is 109 cm³/mol. The molecule has 1 aromatic heterocycles. The van der Waals surface area contributed by atoms with Crippen LogP contribution in [0.1, 0.15) is 22.8 Å². The summed E-state index contributed by atoms with van der Waals surface area (Å²) >= 11 is 6.11. The molecule has 0 fully saturated rings. The third kappa shape index (κ3) is 4.44. The summed E-state index contributed by atoms with van der Waals surface area (Å²) in [6, 6.07) is 18.4. The first kappa shape index (κ1) is 20.3. The van der Waals surface area contributed by atoms with Gasteiger partial charge in [-0.1, -0.05) is 35.9 Å². The zero-order valence-corrected chi connectivity index (χ0v) is 16.7. The van der Waals surface area contributed by atoms with Crippen molar-refractivity contribution in [2.75, 3.05) is 0 Å². The molecule has 4 aromatic rings. The van der Waals surface area contributed by atoms with Gasteiger partial charge in [-0.3, -0.25) is 0 Å². The molecule has 1 unspecified atom stereocenters. The standard InChI is InChI=1S/C23H15ClN2O5/c24-18-4-2-1-3-17(18)22(23(27)28)31-20-10-16(7-6-15(20)11-25)29-12-14-5-8-19-21(9-14)30-13-26-19/h1-10,13,22H,12H2,(H,27,28)/p-1. The first-order valence-corrected chi connectivity index (χ1v) is 9.54. The second-order valence-corrected chi connectivity index (χ2v) is 6.96. The zero-order valence-electron chi connectivity index (χ0n) is 15.9. The molecule has 1 heterocycles. The van der Waals surface area contributed by atoms with Gasteiger partial charge in [0.2, 0.25) is 0 Å². The number of fused-ring (bicyclic) bond motifs is 1. The molecule has 0 amide bonds. The molecule has 31 heavy (non-hydrogen) atoms. The van der Waals surface area contributed by atoms with Crippen LogP contribution in [0.3, 0.4) is 0 Å². The van der Waals surface area contributed by atoms with E-state index in [1.165, 1.54) is 24.6 Å². The maximum atomic E-state index is 11.7. The van der Waals surface area contributed by atoms with Gasteiger partial charge in [0, 0.05) is 16.7 Å². The second-order valence-electron chi connectivity index (χ2n) is 6.55. The number of nitrogens with zero attached hydrogens (tertiary/aromatic N) is 2. The van der Waals surface area contributed by atoms with E-state index < -0.39 is 12.1 Å². The Morgan fingerprint density at radius 1 is 1.19 bits per heavy atom. The highest BCUT2D eigenvalue weighted by Crippen LogP contribution is 2.32. The van der Waals surface area contributed by atoms with Crippen molar-refractivity contribution >= 4 is 28.7 Å². The van der Waals surface area contributed by atoms with Crippen molar-refractivity contribution in [2.45, 2.75) is 12.7 Å². The number of nitriles is 1. The van der Waals surface area contributed by atoms with Gasteiger partial charge in [0.25, 0.3) is 0 Å². The summed E-state index contributed by atoms with van der Waals surface area (Å²) in [5, 5.41) is 21.3. The highest BCUT2D eigenvalue weighted by atomic mass is 35.5. The molecule has 0 aliphatic rings. The fourth-order valence-electron chi connectivity index (χ4n) is 2.99. The van der Waals surface area contributed by atoms with Crippen LogP contribution in [-0.4, -0.2) is 11.0 Å². The number of carbonyl (C=O) groups excluding carboxylic acids is 1. The lowest BCUT2D eigenvalue weighted by atomic mass is 10.1. The molecule has 0 radical (unpaired) electrons. The minimum atomic E-state index is -1.50. The molecule has 154 valence electrons. The van der Waals surface area contributed by atoms with Gasteiger partial charge in [0.1, 0.15) is 29.7 Å². The van der Waals surface area contributed by atoms with Crippen molar-refractivity contribution in [3.05, 3.63) is 88.8 Å². The van der Waals surface area contributed by atoms with E-state index in [4.69, 9.17) is 25.5 Å². The number of ether oxygens (including phenoxy) is 2. The number of oxazole rings is 1. The SMILES string of the molecule is N#Cc1ccc(OCc2ccc3ncoc3c2)cc1OC(C(=O)[O-])c1ccccc1Cl. The van der Waals surface area contributed by atoms with E-state index in [9.17, 15) is 15.2 Å². The molecule has 0 aliphatic carbocycles. The third-order valence-electron chi connectivity index (χ3n) is 4.52. The number of carboxylic acid groups (broad SMARTS) is 1. The molecular formula is C23H14ClN2O5-. The lowest BCUT2D eigenvalue weighted by molar-refractivity contribution is -0.314. The molecule has 0 spiro atoms. The van der Waals surface area contributed by atoms with E-state index >= 15 is 0 Å². The normalized spacial score (nSPS) is 11.6. The van der Waals surface area contributed by atoms with Gasteiger partial charge in [0.15, 0.2) is 18.1 Å². The predicted octanol–water partition coefficient (Wildman–Crippen LogP) is 3.80. The van der Waals surface area contributed by atoms with Crippen LogP contribution < -0.4 is 14.6 Å². The third-order valence-corrected chi connectivity index (χ3v) is 4.87. The van der Waals surface area contributed by atoms with Crippen molar-refractivity contribution in [2.24, 2.45) is 0 Å². The van der Waals surface area contributed by atoms with Crippen molar-refractivity contribution < 1.29 is 23.8 Å². The number of carboxylic acids is 1. The molecule has 8 heteroatoms. The molecule has 0 bridgehead atoms. The van der Waals surface area contributed by atoms with E-state index in [1.807, 2.05) is 24.3 Å². The summed E-state index contributed by atoms with van der Waals surface area (Å²) in [7, 11) is 0. The van der Waals surface area contributed by atoms with Gasteiger partial charge < -0.3 is 23.8 Å². The van der Waals surface area contributed by atoms with Crippen LogP contribution in [0.15, 0.2) is 71.5 Å². The number of rotatable bonds is 7. The van der Waals surface area contributed by atoms with Crippen LogP contribution in [0.4, 0.5) is 0 Å². The molecular weight excluding hydrogens is 420 g/mol. The minimum absolute atomic E-state index is 0.0415. The topological polar surface area (TPSA) is 108 Å². The quantitative estimate of drug-likeness (QED) is 0.436. The Morgan fingerprint density at radius 3 is 2.81 bits per heavy atom. The molecule has 7 nitrogen and oxygen atoms in total. The Morgan fingerprint density at radius 2 is 2.03 bits per heavy atom. The highest BCUT2D eigenvalue weighted by Gasteiger charge is 2.20. The monoisotopic (exact) mass is 433 g/mol. The minimum Gasteiger partial charge on any atom is -0.546 e. The zero-order chi connectivity index (χ0) is 21.8. The fourth-order valence-corrected chi connectivity index (χ4v) is 3.23. The molecule has 0 saturated heterocycles. The van der Waals surface area contributed by atoms with E-state index in [1.54, 1.807) is 24.3 Å². The van der Waals surface area contributed by atoms with Gasteiger partial charge >= 0.3 is 0 Å². The smallest absolute Gasteiger partial charge is 0.181 e. The van der Waals surface area contributed by atoms with E-state index in [2.05, 4.69) is 4.98 Å². The Kier molecular flexibility index (Phi) is 5.74. The van der Waals surface area contributed by atoms with Gasteiger partial charge in [-0.05, 0) is 35.9 Å². The van der Waals surface area contributed by atoms with E-state index in [-0.39, 0.29) is 28.5 Å². The van der Waals surface area contributed by atoms with Crippen molar-refractivity contribution in [3.8, 4) is 17.6 Å². The number of hydrogen-bond acceptors (Lipinski definition) is 7. The summed E-state index contributed by atoms with van der Waals surface area (Å²) < 4.78 is 16.7. The summed E-state index contributed by atoms with van der Waals surface area (Å²) in [5.41, 5.74) is 2.60. The number of aliphatic carboxylic acids is 1. The van der Waals surface area contributed by atoms with Crippen molar-refractivity contribution in [1.82, 2.24) is 4.98 Å². The van der Waals surface area contributed by atoms with Gasteiger partial charge in [0.05, 0.1) is 11.5 Å². The summed E-state index contributed by atoms with van der Waals surface area (Å²) in [4.78, 5) is 15.8. The Bertz CT molecular complexity index is 1290. The maximum Gasteiger partial charge on any atom is 0.181 e. The Labute approximate surface area is 182 Å². The molecule has 3 aromatic carbocycles. The van der Waals surface area contributed by atoms with E-state index in [0.29, 0.717) is 11.3 Å². The molecule has 4 rings (SSSR count). The van der Waals surface area contributed by atoms with Crippen LogP contribution in [0, 0.1) is 11.3 Å². The maximum absolute atomic E-state index is 11.7. The van der Waals surface area contributed by atoms with Gasteiger partial charge in [-0.15, -0.1) is 0 Å². The molecule has 0 saturated carbocycles. The lowest BCUT2D eigenvalue weighted by Gasteiger charge is -2.22. The summed E-state index contributed by atoms with van der Waals surface area (Å²) in [6.45, 7) is 0.219. The fraction of sp³-hybridized carbons (Fsp3) is 0.0870. The first-order chi connectivity index (χ1) is 15.0. The van der Waals surface area contributed by atoms with Crippen LogP contribution in [0.5, 0.6) is 11.5 Å². The van der Waals surface area contributed by atoms with Crippen molar-refractivity contribution in [1.29, 1.82) is 5.26 Å². The second kappa shape index (κ2) is 8.78. The summed E-state index contributed by atoms with van der Waals surface area (Å²) in [5.74, 6) is -1.05. The van der Waals surface area contributed by atoms with E-state index in [0.717, 1.165) is 11.1 Å². The summed E-state index contributed by atoms with van der Waals surface area (Å²) in [6.07, 6.45) is -0.128. The Balaban J connectivity index is 1.57. The molecule has 0 N–H and O–H groups in total. The van der Waals surface area contributed by atoms with Crippen molar-refractivity contribution in [3.63, 3.8) is 0 Å². The number of benzene rings is 3. The first-order valence-electron chi connectivity index (χ1n) is 9.16. The van der Waals surface area contributed by atoms with Gasteiger partial charge in [-0.25, -0.2) is 4.98 Å².